The first-order valence-electron chi connectivity index (χ1n) is 4.18. The minimum Gasteiger partial charge on any atom is -0.327 e. The topological polar surface area (TPSA) is 56.0 Å². The fourth-order valence-corrected chi connectivity index (χ4v) is 2.29. The van der Waals surface area contributed by atoms with E-state index in [-0.39, 0.29) is 6.04 Å². The molecular formula is C9H14N2OS. The molecule has 0 saturated heterocycles. The van der Waals surface area contributed by atoms with Crippen molar-refractivity contribution in [2.45, 2.75) is 18.7 Å². The van der Waals surface area contributed by atoms with Gasteiger partial charge in [-0.3, -0.25) is 9.19 Å². The van der Waals surface area contributed by atoms with E-state index in [1.807, 2.05) is 19.1 Å². The number of nitrogens with zero attached hydrogens (tertiary/aromatic N) is 1. The van der Waals surface area contributed by atoms with Crippen molar-refractivity contribution < 1.29 is 4.21 Å². The van der Waals surface area contributed by atoms with Crippen molar-refractivity contribution in [2.75, 3.05) is 5.75 Å². The van der Waals surface area contributed by atoms with Crippen molar-refractivity contribution >= 4 is 10.8 Å². The lowest BCUT2D eigenvalue weighted by Crippen LogP contribution is -2.23. The smallest absolute Gasteiger partial charge is 0.0487 e. The molecule has 13 heavy (non-hydrogen) atoms. The van der Waals surface area contributed by atoms with Gasteiger partial charge in [0.15, 0.2) is 0 Å². The van der Waals surface area contributed by atoms with Crippen LogP contribution in [0.5, 0.6) is 0 Å². The van der Waals surface area contributed by atoms with Crippen molar-refractivity contribution in [3.8, 4) is 0 Å². The normalized spacial score (nSPS) is 15.2. The molecule has 2 unspecified atom stereocenters. The van der Waals surface area contributed by atoms with Gasteiger partial charge in [-0.25, -0.2) is 0 Å². The molecule has 4 heteroatoms. The van der Waals surface area contributed by atoms with Gasteiger partial charge in [-0.1, -0.05) is 0 Å². The standard InChI is InChI=1S/C9H14N2OS/c1-8(10)6-13(12)7-9-2-4-11-5-3-9/h2-5,8H,6-7,10H2,1H3. The van der Waals surface area contributed by atoms with Crippen molar-refractivity contribution in [1.82, 2.24) is 4.98 Å². The van der Waals surface area contributed by atoms with Crippen molar-refractivity contribution in [3.63, 3.8) is 0 Å². The van der Waals surface area contributed by atoms with Gasteiger partial charge in [-0.05, 0) is 24.6 Å². The van der Waals surface area contributed by atoms with Crippen molar-refractivity contribution in [2.24, 2.45) is 5.73 Å². The Morgan fingerprint density at radius 3 is 2.69 bits per heavy atom. The zero-order valence-electron chi connectivity index (χ0n) is 7.64. The Kier molecular flexibility index (Phi) is 4.05. The van der Waals surface area contributed by atoms with Crippen LogP contribution >= 0.6 is 0 Å². The van der Waals surface area contributed by atoms with Gasteiger partial charge in [0.25, 0.3) is 0 Å². The Balaban J connectivity index is 2.46. The van der Waals surface area contributed by atoms with Gasteiger partial charge in [0, 0.05) is 40.7 Å². The molecule has 0 aliphatic carbocycles. The zero-order chi connectivity index (χ0) is 9.68. The lowest BCUT2D eigenvalue weighted by atomic mass is 10.3. The first-order valence-corrected chi connectivity index (χ1v) is 5.66. The third-order valence-electron chi connectivity index (χ3n) is 1.53. The summed E-state index contributed by atoms with van der Waals surface area (Å²) in [5.74, 6) is 1.13. The maximum atomic E-state index is 11.4. The van der Waals surface area contributed by atoms with E-state index >= 15 is 0 Å². The summed E-state index contributed by atoms with van der Waals surface area (Å²) in [6, 6.07) is 3.75. The summed E-state index contributed by atoms with van der Waals surface area (Å²) >= 11 is 0. The number of hydrogen-bond donors (Lipinski definition) is 1. The van der Waals surface area contributed by atoms with Gasteiger partial charge >= 0.3 is 0 Å². The van der Waals surface area contributed by atoms with Crippen LogP contribution in [0.1, 0.15) is 12.5 Å². The molecule has 0 aromatic carbocycles. The quantitative estimate of drug-likeness (QED) is 0.774. The van der Waals surface area contributed by atoms with E-state index in [9.17, 15) is 4.21 Å². The first kappa shape index (κ1) is 10.3. The fraction of sp³-hybridized carbons (Fsp3) is 0.444. The van der Waals surface area contributed by atoms with Gasteiger partial charge in [-0.2, -0.15) is 0 Å². The Morgan fingerprint density at radius 1 is 1.54 bits per heavy atom. The molecule has 3 nitrogen and oxygen atoms in total. The van der Waals surface area contributed by atoms with Crippen molar-refractivity contribution in [1.29, 1.82) is 0 Å². The highest BCUT2D eigenvalue weighted by Gasteiger charge is 2.03. The van der Waals surface area contributed by atoms with E-state index in [1.54, 1.807) is 12.4 Å². The molecule has 1 rings (SSSR count). The average Bonchev–Trinajstić information content (AvgIpc) is 2.04. The van der Waals surface area contributed by atoms with E-state index in [0.717, 1.165) is 5.56 Å². The molecule has 0 aliphatic heterocycles. The van der Waals surface area contributed by atoms with Gasteiger partial charge in [0.2, 0.25) is 0 Å². The van der Waals surface area contributed by atoms with E-state index in [1.165, 1.54) is 0 Å². The number of hydrogen-bond acceptors (Lipinski definition) is 3. The third kappa shape index (κ3) is 4.15. The maximum Gasteiger partial charge on any atom is 0.0487 e. The largest absolute Gasteiger partial charge is 0.327 e. The molecule has 1 heterocycles. The van der Waals surface area contributed by atoms with Gasteiger partial charge in [0.1, 0.15) is 0 Å². The van der Waals surface area contributed by atoms with Crippen LogP contribution in [0.3, 0.4) is 0 Å². The van der Waals surface area contributed by atoms with Gasteiger partial charge in [0.05, 0.1) is 0 Å². The molecule has 0 bridgehead atoms. The van der Waals surface area contributed by atoms with Crippen LogP contribution in [-0.2, 0) is 16.6 Å². The van der Waals surface area contributed by atoms with E-state index < -0.39 is 10.8 Å². The van der Waals surface area contributed by atoms with Crippen LogP contribution in [0.25, 0.3) is 0 Å². The van der Waals surface area contributed by atoms with Crippen LogP contribution in [-0.4, -0.2) is 21.0 Å². The second kappa shape index (κ2) is 5.09. The summed E-state index contributed by atoms with van der Waals surface area (Å²) in [4.78, 5) is 3.89. The summed E-state index contributed by atoms with van der Waals surface area (Å²) in [5, 5.41) is 0. The number of pyridine rings is 1. The van der Waals surface area contributed by atoms with Crippen molar-refractivity contribution in [3.05, 3.63) is 30.1 Å². The third-order valence-corrected chi connectivity index (χ3v) is 3.08. The van der Waals surface area contributed by atoms with E-state index in [2.05, 4.69) is 4.98 Å². The molecule has 1 aromatic heterocycles. The second-order valence-corrected chi connectivity index (χ2v) is 4.59. The summed E-state index contributed by atoms with van der Waals surface area (Å²) in [7, 11) is -0.854. The lowest BCUT2D eigenvalue weighted by Gasteiger charge is -2.04. The number of rotatable bonds is 4. The predicted molar refractivity (Wildman–Crippen MR) is 54.6 cm³/mol. The summed E-state index contributed by atoms with van der Waals surface area (Å²) in [6.07, 6.45) is 3.41. The first-order chi connectivity index (χ1) is 6.18. The minimum absolute atomic E-state index is 0.00247. The van der Waals surface area contributed by atoms with Gasteiger partial charge < -0.3 is 5.73 Å². The minimum atomic E-state index is -0.854. The monoisotopic (exact) mass is 198 g/mol. The highest BCUT2D eigenvalue weighted by molar-refractivity contribution is 7.84. The summed E-state index contributed by atoms with van der Waals surface area (Å²) in [5.41, 5.74) is 6.59. The average molecular weight is 198 g/mol. The molecule has 1 aromatic rings. The molecular weight excluding hydrogens is 184 g/mol. The van der Waals surface area contributed by atoms with Crippen LogP contribution in [0, 0.1) is 0 Å². The highest BCUT2D eigenvalue weighted by Crippen LogP contribution is 2.01. The highest BCUT2D eigenvalue weighted by atomic mass is 32.2. The van der Waals surface area contributed by atoms with Crippen LogP contribution in [0.15, 0.2) is 24.5 Å². The molecule has 72 valence electrons. The summed E-state index contributed by atoms with van der Waals surface area (Å²) in [6.45, 7) is 1.87. The molecule has 0 radical (unpaired) electrons. The molecule has 0 fully saturated rings. The predicted octanol–water partition coefficient (Wildman–Crippen LogP) is 0.677. The molecule has 0 aliphatic rings. The Hall–Kier alpha value is -0.740. The Morgan fingerprint density at radius 2 is 2.15 bits per heavy atom. The van der Waals surface area contributed by atoms with E-state index in [4.69, 9.17) is 5.73 Å². The lowest BCUT2D eigenvalue weighted by molar-refractivity contribution is 0.676. The fourth-order valence-electron chi connectivity index (χ4n) is 1.02. The second-order valence-electron chi connectivity index (χ2n) is 3.08. The molecule has 0 amide bonds. The van der Waals surface area contributed by atoms with Crippen LogP contribution in [0.2, 0.25) is 0 Å². The molecule has 2 atom stereocenters. The summed E-state index contributed by atoms with van der Waals surface area (Å²) < 4.78 is 11.4. The Labute approximate surface area is 80.8 Å². The van der Waals surface area contributed by atoms with Gasteiger partial charge in [-0.15, -0.1) is 0 Å². The molecule has 0 spiro atoms. The Bertz CT molecular complexity index is 274. The molecule has 2 N–H and O–H groups in total. The zero-order valence-corrected chi connectivity index (χ0v) is 8.46. The number of nitrogens with two attached hydrogens (primary N) is 1. The maximum absolute atomic E-state index is 11.4. The van der Waals surface area contributed by atoms with E-state index in [0.29, 0.717) is 11.5 Å². The molecule has 0 saturated carbocycles. The SMILES string of the molecule is CC(N)CS(=O)Cc1ccncc1. The van der Waals surface area contributed by atoms with Crippen LogP contribution in [0.4, 0.5) is 0 Å². The number of aromatic nitrogens is 1. The van der Waals surface area contributed by atoms with Crippen LogP contribution < -0.4 is 5.73 Å².